The molecule has 0 saturated heterocycles. The average molecular weight is 272 g/mol. The molecule has 0 amide bonds. The number of hydrogen-bond acceptors (Lipinski definition) is 3. The second kappa shape index (κ2) is 5.97. The van der Waals surface area contributed by atoms with Crippen molar-refractivity contribution >= 4 is 0 Å². The van der Waals surface area contributed by atoms with Crippen LogP contribution in [0, 0.1) is 0 Å². The van der Waals surface area contributed by atoms with Crippen LogP contribution in [0.2, 0.25) is 0 Å². The molecule has 1 unspecified atom stereocenters. The Morgan fingerprint density at radius 1 is 1.00 bits per heavy atom. The average Bonchev–Trinajstić information content (AvgIpc) is 2.48. The van der Waals surface area contributed by atoms with Crippen molar-refractivity contribution in [2.45, 2.75) is 19.4 Å². The van der Waals surface area contributed by atoms with Crippen LogP contribution >= 0.6 is 0 Å². The number of methoxy groups -OCH3 is 1. The van der Waals surface area contributed by atoms with Crippen LogP contribution in [0.15, 0.2) is 48.5 Å². The molecule has 0 heterocycles. The SMILES string of the molecule is CCOc1cccc(C(C)(O)c2ccc(OC)cc2)c1. The van der Waals surface area contributed by atoms with Gasteiger partial charge in [-0.1, -0.05) is 24.3 Å². The summed E-state index contributed by atoms with van der Waals surface area (Å²) in [4.78, 5) is 0. The second-order valence-electron chi connectivity index (χ2n) is 4.76. The van der Waals surface area contributed by atoms with E-state index in [1.54, 1.807) is 14.0 Å². The summed E-state index contributed by atoms with van der Waals surface area (Å²) in [5, 5.41) is 10.8. The van der Waals surface area contributed by atoms with Gasteiger partial charge in [-0.05, 0) is 49.2 Å². The number of rotatable bonds is 5. The molecule has 0 bridgehead atoms. The molecular weight excluding hydrogens is 252 g/mol. The van der Waals surface area contributed by atoms with Gasteiger partial charge in [0.15, 0.2) is 0 Å². The zero-order valence-corrected chi connectivity index (χ0v) is 12.1. The van der Waals surface area contributed by atoms with E-state index in [0.29, 0.717) is 6.61 Å². The largest absolute Gasteiger partial charge is 0.497 e. The summed E-state index contributed by atoms with van der Waals surface area (Å²) >= 11 is 0. The lowest BCUT2D eigenvalue weighted by atomic mass is 9.88. The van der Waals surface area contributed by atoms with Crippen LogP contribution in [0.4, 0.5) is 0 Å². The minimum absolute atomic E-state index is 0.605. The monoisotopic (exact) mass is 272 g/mol. The standard InChI is InChI=1S/C17H20O3/c1-4-20-16-7-5-6-14(12-16)17(2,18)13-8-10-15(19-3)11-9-13/h5-12,18H,4H2,1-3H3. The second-order valence-corrected chi connectivity index (χ2v) is 4.76. The number of ether oxygens (including phenoxy) is 2. The zero-order valence-electron chi connectivity index (χ0n) is 12.1. The Labute approximate surface area is 119 Å². The first kappa shape index (κ1) is 14.4. The maximum absolute atomic E-state index is 10.8. The quantitative estimate of drug-likeness (QED) is 0.907. The van der Waals surface area contributed by atoms with Crippen molar-refractivity contribution in [2.24, 2.45) is 0 Å². The molecular formula is C17H20O3. The normalized spacial score (nSPS) is 13.6. The Kier molecular flexibility index (Phi) is 4.30. The van der Waals surface area contributed by atoms with Gasteiger partial charge in [-0.15, -0.1) is 0 Å². The summed E-state index contributed by atoms with van der Waals surface area (Å²) in [5.41, 5.74) is 0.542. The van der Waals surface area contributed by atoms with E-state index in [1.165, 1.54) is 0 Å². The fraction of sp³-hybridized carbons (Fsp3) is 0.294. The Hall–Kier alpha value is -2.00. The lowest BCUT2D eigenvalue weighted by Gasteiger charge is -2.25. The van der Waals surface area contributed by atoms with E-state index in [4.69, 9.17) is 9.47 Å². The number of aliphatic hydroxyl groups is 1. The summed E-state index contributed by atoms with van der Waals surface area (Å²) < 4.78 is 10.6. The minimum atomic E-state index is -1.07. The van der Waals surface area contributed by atoms with E-state index in [2.05, 4.69) is 0 Å². The summed E-state index contributed by atoms with van der Waals surface area (Å²) in [6.07, 6.45) is 0. The van der Waals surface area contributed by atoms with Gasteiger partial charge in [0.2, 0.25) is 0 Å². The van der Waals surface area contributed by atoms with Crippen LogP contribution in [0.5, 0.6) is 11.5 Å². The first-order chi connectivity index (χ1) is 9.57. The lowest BCUT2D eigenvalue weighted by Crippen LogP contribution is -2.22. The molecule has 0 spiro atoms. The van der Waals surface area contributed by atoms with Gasteiger partial charge in [0, 0.05) is 0 Å². The van der Waals surface area contributed by atoms with Gasteiger partial charge < -0.3 is 14.6 Å². The predicted octanol–water partition coefficient (Wildman–Crippen LogP) is 3.35. The summed E-state index contributed by atoms with van der Waals surface area (Å²) in [6, 6.07) is 15.0. The zero-order chi connectivity index (χ0) is 14.6. The van der Waals surface area contributed by atoms with Gasteiger partial charge >= 0.3 is 0 Å². The van der Waals surface area contributed by atoms with Crippen LogP contribution < -0.4 is 9.47 Å². The Balaban J connectivity index is 2.34. The Morgan fingerprint density at radius 2 is 1.70 bits per heavy atom. The van der Waals surface area contributed by atoms with Crippen molar-refractivity contribution in [1.29, 1.82) is 0 Å². The highest BCUT2D eigenvalue weighted by Gasteiger charge is 2.25. The number of hydrogen-bond donors (Lipinski definition) is 1. The highest BCUT2D eigenvalue weighted by molar-refractivity contribution is 5.41. The molecule has 2 aromatic carbocycles. The Morgan fingerprint density at radius 3 is 2.30 bits per heavy atom. The fourth-order valence-corrected chi connectivity index (χ4v) is 2.14. The van der Waals surface area contributed by atoms with Crippen molar-refractivity contribution in [1.82, 2.24) is 0 Å². The summed E-state index contributed by atoms with van der Waals surface area (Å²) in [5.74, 6) is 1.53. The minimum Gasteiger partial charge on any atom is -0.497 e. The van der Waals surface area contributed by atoms with Crippen LogP contribution in [0.1, 0.15) is 25.0 Å². The maximum Gasteiger partial charge on any atom is 0.119 e. The van der Waals surface area contributed by atoms with E-state index in [9.17, 15) is 5.11 Å². The highest BCUT2D eigenvalue weighted by atomic mass is 16.5. The molecule has 0 radical (unpaired) electrons. The van der Waals surface area contributed by atoms with Gasteiger partial charge in [0.05, 0.1) is 13.7 Å². The molecule has 106 valence electrons. The molecule has 2 aromatic rings. The van der Waals surface area contributed by atoms with Crippen molar-refractivity contribution in [3.8, 4) is 11.5 Å². The molecule has 3 nitrogen and oxygen atoms in total. The van der Waals surface area contributed by atoms with Crippen molar-refractivity contribution in [3.63, 3.8) is 0 Å². The van der Waals surface area contributed by atoms with Crippen molar-refractivity contribution < 1.29 is 14.6 Å². The van der Waals surface area contributed by atoms with Crippen molar-refractivity contribution in [2.75, 3.05) is 13.7 Å². The van der Waals surface area contributed by atoms with Gasteiger partial charge in [0.1, 0.15) is 17.1 Å². The van der Waals surface area contributed by atoms with Gasteiger partial charge in [-0.25, -0.2) is 0 Å². The molecule has 0 aliphatic carbocycles. The van der Waals surface area contributed by atoms with Gasteiger partial charge in [-0.3, -0.25) is 0 Å². The molecule has 0 aromatic heterocycles. The van der Waals surface area contributed by atoms with E-state index in [1.807, 2.05) is 55.5 Å². The molecule has 0 saturated carbocycles. The van der Waals surface area contributed by atoms with E-state index < -0.39 is 5.60 Å². The summed E-state index contributed by atoms with van der Waals surface area (Å²) in [6.45, 7) is 4.32. The number of benzene rings is 2. The van der Waals surface area contributed by atoms with Crippen LogP contribution in [0.25, 0.3) is 0 Å². The fourth-order valence-electron chi connectivity index (χ4n) is 2.14. The molecule has 20 heavy (non-hydrogen) atoms. The van der Waals surface area contributed by atoms with E-state index in [-0.39, 0.29) is 0 Å². The molecule has 0 fully saturated rings. The third-order valence-electron chi connectivity index (χ3n) is 3.36. The van der Waals surface area contributed by atoms with Crippen LogP contribution in [-0.2, 0) is 5.60 Å². The lowest BCUT2D eigenvalue weighted by molar-refractivity contribution is 0.102. The summed E-state index contributed by atoms with van der Waals surface area (Å²) in [7, 11) is 1.62. The van der Waals surface area contributed by atoms with Crippen LogP contribution in [-0.4, -0.2) is 18.8 Å². The van der Waals surface area contributed by atoms with Crippen LogP contribution in [0.3, 0.4) is 0 Å². The van der Waals surface area contributed by atoms with E-state index in [0.717, 1.165) is 22.6 Å². The maximum atomic E-state index is 10.8. The molecule has 1 N–H and O–H groups in total. The molecule has 0 aliphatic rings. The topological polar surface area (TPSA) is 38.7 Å². The molecule has 0 aliphatic heterocycles. The highest BCUT2D eigenvalue weighted by Crippen LogP contribution is 2.32. The first-order valence-electron chi connectivity index (χ1n) is 6.68. The smallest absolute Gasteiger partial charge is 0.119 e. The van der Waals surface area contributed by atoms with Gasteiger partial charge in [-0.2, -0.15) is 0 Å². The van der Waals surface area contributed by atoms with Crippen molar-refractivity contribution in [3.05, 3.63) is 59.7 Å². The predicted molar refractivity (Wildman–Crippen MR) is 79.3 cm³/mol. The Bertz CT molecular complexity index is 559. The third kappa shape index (κ3) is 2.94. The third-order valence-corrected chi connectivity index (χ3v) is 3.36. The molecule has 1 atom stereocenters. The first-order valence-corrected chi connectivity index (χ1v) is 6.68. The molecule has 2 rings (SSSR count). The molecule has 3 heteroatoms. The van der Waals surface area contributed by atoms with Gasteiger partial charge in [0.25, 0.3) is 0 Å². The van der Waals surface area contributed by atoms with E-state index >= 15 is 0 Å².